The fraction of sp³-hybridized carbons (Fsp3) is 0.667. The number of hydrogen-bond donors (Lipinski definition) is 0. The van der Waals surface area contributed by atoms with E-state index in [-0.39, 0.29) is 25.7 Å². The van der Waals surface area contributed by atoms with Gasteiger partial charge in [0.15, 0.2) is 0 Å². The molecule has 0 N–H and O–H groups in total. The molecule has 0 aliphatic rings. The van der Waals surface area contributed by atoms with Gasteiger partial charge in [0.25, 0.3) is 0 Å². The molecule has 0 aromatic rings. The first kappa shape index (κ1) is 16.3. The van der Waals surface area contributed by atoms with Crippen LogP contribution in [0.15, 0.2) is 0 Å². The van der Waals surface area contributed by atoms with Gasteiger partial charge in [0, 0.05) is 12.8 Å². The van der Waals surface area contributed by atoms with E-state index in [0.29, 0.717) is 12.8 Å². The van der Waals surface area contributed by atoms with E-state index in [0.717, 1.165) is 0 Å². The Morgan fingerprint density at radius 3 is 1.17 bits per heavy atom. The zero-order valence-electron chi connectivity index (χ0n) is 10.7. The number of rotatable bonds is 7. The SMILES string of the molecule is CCCC(=O)OC(=O)CCC(=O)OC(=O)CCC. The molecule has 0 amide bonds. The fourth-order valence-electron chi connectivity index (χ4n) is 1.07. The van der Waals surface area contributed by atoms with Crippen LogP contribution in [0, 0.1) is 0 Å². The molecule has 6 nitrogen and oxygen atoms in total. The summed E-state index contributed by atoms with van der Waals surface area (Å²) in [5.41, 5.74) is 0. The van der Waals surface area contributed by atoms with Crippen LogP contribution in [-0.4, -0.2) is 23.9 Å². The Labute approximate surface area is 106 Å². The molecular formula is C12H18O6. The van der Waals surface area contributed by atoms with Gasteiger partial charge in [-0.05, 0) is 12.8 Å². The van der Waals surface area contributed by atoms with Crippen LogP contribution in [0.5, 0.6) is 0 Å². The van der Waals surface area contributed by atoms with Crippen molar-refractivity contribution in [3.05, 3.63) is 0 Å². The summed E-state index contributed by atoms with van der Waals surface area (Å²) in [6.07, 6.45) is 0.942. The van der Waals surface area contributed by atoms with Crippen LogP contribution in [0.1, 0.15) is 52.4 Å². The van der Waals surface area contributed by atoms with E-state index in [9.17, 15) is 19.2 Å². The number of hydrogen-bond acceptors (Lipinski definition) is 6. The summed E-state index contributed by atoms with van der Waals surface area (Å²) in [7, 11) is 0. The second-order valence-corrected chi connectivity index (χ2v) is 3.69. The van der Waals surface area contributed by atoms with Crippen molar-refractivity contribution in [2.24, 2.45) is 0 Å². The molecule has 0 atom stereocenters. The van der Waals surface area contributed by atoms with Crippen LogP contribution in [0.2, 0.25) is 0 Å². The van der Waals surface area contributed by atoms with Gasteiger partial charge in [0.05, 0.1) is 12.8 Å². The summed E-state index contributed by atoms with van der Waals surface area (Å²) >= 11 is 0. The van der Waals surface area contributed by atoms with Crippen LogP contribution in [0.25, 0.3) is 0 Å². The highest BCUT2D eigenvalue weighted by molar-refractivity contribution is 5.89. The van der Waals surface area contributed by atoms with E-state index in [4.69, 9.17) is 0 Å². The molecule has 102 valence electrons. The molecule has 0 fully saturated rings. The highest BCUT2D eigenvalue weighted by atomic mass is 16.6. The molecule has 0 heterocycles. The van der Waals surface area contributed by atoms with Crippen molar-refractivity contribution in [1.29, 1.82) is 0 Å². The van der Waals surface area contributed by atoms with Crippen molar-refractivity contribution in [2.45, 2.75) is 52.4 Å². The maximum Gasteiger partial charge on any atom is 0.314 e. The van der Waals surface area contributed by atoms with Gasteiger partial charge < -0.3 is 9.47 Å². The molecule has 0 aromatic carbocycles. The third-order valence-corrected chi connectivity index (χ3v) is 1.90. The lowest BCUT2D eigenvalue weighted by Gasteiger charge is -2.02. The predicted molar refractivity (Wildman–Crippen MR) is 61.2 cm³/mol. The van der Waals surface area contributed by atoms with E-state index in [1.165, 1.54) is 0 Å². The number of esters is 4. The summed E-state index contributed by atoms with van der Waals surface area (Å²) in [6, 6.07) is 0. The van der Waals surface area contributed by atoms with Crippen molar-refractivity contribution in [3.63, 3.8) is 0 Å². The van der Waals surface area contributed by atoms with Crippen LogP contribution in [0.3, 0.4) is 0 Å². The minimum atomic E-state index is -0.784. The number of ether oxygens (including phenoxy) is 2. The number of carbonyl (C=O) groups is 4. The Morgan fingerprint density at radius 1 is 0.611 bits per heavy atom. The van der Waals surface area contributed by atoms with Gasteiger partial charge in [-0.1, -0.05) is 13.8 Å². The van der Waals surface area contributed by atoms with Gasteiger partial charge in [-0.2, -0.15) is 0 Å². The summed E-state index contributed by atoms with van der Waals surface area (Å²) < 4.78 is 8.85. The van der Waals surface area contributed by atoms with E-state index < -0.39 is 23.9 Å². The zero-order chi connectivity index (χ0) is 14.0. The third kappa shape index (κ3) is 8.43. The van der Waals surface area contributed by atoms with Crippen LogP contribution < -0.4 is 0 Å². The topological polar surface area (TPSA) is 86.7 Å². The van der Waals surface area contributed by atoms with E-state index in [1.807, 2.05) is 0 Å². The molecule has 0 radical (unpaired) electrons. The molecule has 0 saturated carbocycles. The van der Waals surface area contributed by atoms with Gasteiger partial charge in [0.2, 0.25) is 0 Å². The predicted octanol–water partition coefficient (Wildman–Crippen LogP) is 1.51. The monoisotopic (exact) mass is 258 g/mol. The molecule has 0 spiro atoms. The van der Waals surface area contributed by atoms with E-state index in [2.05, 4.69) is 9.47 Å². The highest BCUT2D eigenvalue weighted by Crippen LogP contribution is 2.00. The Balaban J connectivity index is 3.81. The molecule has 0 saturated heterocycles. The molecule has 0 aromatic heterocycles. The lowest BCUT2D eigenvalue weighted by Crippen LogP contribution is -2.16. The molecule has 0 rings (SSSR count). The Kier molecular flexibility index (Phi) is 8.43. The van der Waals surface area contributed by atoms with Crippen molar-refractivity contribution in [2.75, 3.05) is 0 Å². The van der Waals surface area contributed by atoms with Crippen LogP contribution in [-0.2, 0) is 28.7 Å². The average molecular weight is 258 g/mol. The van der Waals surface area contributed by atoms with Gasteiger partial charge in [0.1, 0.15) is 0 Å². The average Bonchev–Trinajstić information content (AvgIpc) is 2.27. The first-order valence-electron chi connectivity index (χ1n) is 5.96. The summed E-state index contributed by atoms with van der Waals surface area (Å²) in [5, 5.41) is 0. The Morgan fingerprint density at radius 2 is 0.889 bits per heavy atom. The molecule has 0 unspecified atom stereocenters. The second-order valence-electron chi connectivity index (χ2n) is 3.69. The highest BCUT2D eigenvalue weighted by Gasteiger charge is 2.14. The third-order valence-electron chi connectivity index (χ3n) is 1.90. The van der Waals surface area contributed by atoms with Gasteiger partial charge in [-0.15, -0.1) is 0 Å². The van der Waals surface area contributed by atoms with Crippen LogP contribution >= 0.6 is 0 Å². The fourth-order valence-corrected chi connectivity index (χ4v) is 1.07. The Bertz CT molecular complexity index is 289. The maximum atomic E-state index is 11.1. The minimum absolute atomic E-state index is 0.158. The normalized spacial score (nSPS) is 9.67. The molecule has 18 heavy (non-hydrogen) atoms. The van der Waals surface area contributed by atoms with Gasteiger partial charge in [-0.25, -0.2) is 0 Å². The van der Waals surface area contributed by atoms with E-state index >= 15 is 0 Å². The summed E-state index contributed by atoms with van der Waals surface area (Å²) in [5.74, 6) is -2.79. The number of carbonyl (C=O) groups excluding carboxylic acids is 4. The Hall–Kier alpha value is -1.72. The lowest BCUT2D eigenvalue weighted by atomic mass is 10.3. The second kappa shape index (κ2) is 9.32. The van der Waals surface area contributed by atoms with Crippen molar-refractivity contribution in [3.8, 4) is 0 Å². The van der Waals surface area contributed by atoms with Gasteiger partial charge in [-0.3, -0.25) is 19.2 Å². The van der Waals surface area contributed by atoms with Gasteiger partial charge >= 0.3 is 23.9 Å². The summed E-state index contributed by atoms with van der Waals surface area (Å²) in [6.45, 7) is 3.56. The quantitative estimate of drug-likeness (QED) is 0.508. The summed E-state index contributed by atoms with van der Waals surface area (Å²) in [4.78, 5) is 44.1. The lowest BCUT2D eigenvalue weighted by molar-refractivity contribution is -0.165. The standard InChI is InChI=1S/C12H18O6/c1-3-5-9(13)17-11(15)7-8-12(16)18-10(14)6-4-2/h3-8H2,1-2H3. The zero-order valence-corrected chi connectivity index (χ0v) is 10.7. The first-order valence-corrected chi connectivity index (χ1v) is 5.96. The molecular weight excluding hydrogens is 240 g/mol. The smallest absolute Gasteiger partial charge is 0.314 e. The first-order chi connectivity index (χ1) is 8.49. The van der Waals surface area contributed by atoms with Crippen LogP contribution in [0.4, 0.5) is 0 Å². The van der Waals surface area contributed by atoms with Crippen molar-refractivity contribution >= 4 is 23.9 Å². The molecule has 6 heteroatoms. The minimum Gasteiger partial charge on any atom is -0.393 e. The molecule has 0 aliphatic heterocycles. The maximum absolute atomic E-state index is 11.1. The molecule has 0 aliphatic carbocycles. The van der Waals surface area contributed by atoms with Crippen molar-refractivity contribution < 1.29 is 28.7 Å². The largest absolute Gasteiger partial charge is 0.393 e. The van der Waals surface area contributed by atoms with Crippen molar-refractivity contribution in [1.82, 2.24) is 0 Å². The van der Waals surface area contributed by atoms with E-state index in [1.54, 1.807) is 13.8 Å². The molecule has 0 bridgehead atoms.